The molecule has 6 nitrogen and oxygen atoms in total. The van der Waals surface area contributed by atoms with Gasteiger partial charge in [0, 0.05) is 54.2 Å². The molecular weight excluding hydrogens is 434 g/mol. The van der Waals surface area contributed by atoms with Crippen molar-refractivity contribution in [2.45, 2.75) is 39.8 Å². The van der Waals surface area contributed by atoms with Crippen LogP contribution in [0.15, 0.2) is 79.3 Å². The Kier molecular flexibility index (Phi) is 6.47. The molecule has 0 amide bonds. The van der Waals surface area contributed by atoms with Gasteiger partial charge >= 0.3 is 0 Å². The van der Waals surface area contributed by atoms with E-state index >= 15 is 0 Å². The van der Waals surface area contributed by atoms with Gasteiger partial charge in [0.1, 0.15) is 18.1 Å². The standard InChI is InChI=1S/C29H31N5O/c1-20(2)33(21(3)4)17-18-35-22-11-12-23-24(13-15-31-26(23)19-22)28-27-10-6-8-16-34(27)32-29(28)25-9-5-7-14-30-25/h5-16,19-21H,17-18H2,1-4H3. The van der Waals surface area contributed by atoms with Crippen molar-refractivity contribution in [1.82, 2.24) is 24.5 Å². The smallest absolute Gasteiger partial charge is 0.121 e. The zero-order chi connectivity index (χ0) is 24.4. The summed E-state index contributed by atoms with van der Waals surface area (Å²) < 4.78 is 8.05. The molecule has 0 aliphatic carbocycles. The number of hydrogen-bond acceptors (Lipinski definition) is 5. The van der Waals surface area contributed by atoms with E-state index < -0.39 is 0 Å². The predicted molar refractivity (Wildman–Crippen MR) is 142 cm³/mol. The lowest BCUT2D eigenvalue weighted by atomic mass is 9.98. The second-order valence-corrected chi connectivity index (χ2v) is 9.28. The molecule has 178 valence electrons. The Labute approximate surface area is 206 Å². The van der Waals surface area contributed by atoms with Crippen LogP contribution in [0.2, 0.25) is 0 Å². The highest BCUT2D eigenvalue weighted by Gasteiger charge is 2.19. The van der Waals surface area contributed by atoms with Crippen LogP contribution in [0.25, 0.3) is 38.9 Å². The van der Waals surface area contributed by atoms with Gasteiger partial charge in [-0.15, -0.1) is 0 Å². The van der Waals surface area contributed by atoms with E-state index in [0.717, 1.165) is 51.2 Å². The van der Waals surface area contributed by atoms with Gasteiger partial charge in [-0.3, -0.25) is 14.9 Å². The quantitative estimate of drug-likeness (QED) is 0.277. The Bertz CT molecular complexity index is 1430. The van der Waals surface area contributed by atoms with E-state index in [4.69, 9.17) is 9.84 Å². The van der Waals surface area contributed by atoms with Crippen molar-refractivity contribution in [2.75, 3.05) is 13.2 Å². The van der Waals surface area contributed by atoms with Crippen molar-refractivity contribution in [1.29, 1.82) is 0 Å². The number of hydrogen-bond donors (Lipinski definition) is 0. The lowest BCUT2D eigenvalue weighted by molar-refractivity contribution is 0.142. The van der Waals surface area contributed by atoms with Crippen LogP contribution in [0.3, 0.4) is 0 Å². The Hall–Kier alpha value is -3.77. The summed E-state index contributed by atoms with van der Waals surface area (Å²) in [6.45, 7) is 10.4. The summed E-state index contributed by atoms with van der Waals surface area (Å²) in [4.78, 5) is 11.7. The molecule has 4 aromatic heterocycles. The second kappa shape index (κ2) is 9.84. The Morgan fingerprint density at radius 2 is 1.71 bits per heavy atom. The average molecular weight is 466 g/mol. The van der Waals surface area contributed by atoms with Gasteiger partial charge in [0.05, 0.1) is 16.7 Å². The molecule has 4 heterocycles. The maximum Gasteiger partial charge on any atom is 0.121 e. The van der Waals surface area contributed by atoms with Crippen LogP contribution in [0.1, 0.15) is 27.7 Å². The molecule has 0 bridgehead atoms. The molecule has 35 heavy (non-hydrogen) atoms. The minimum Gasteiger partial charge on any atom is -0.492 e. The van der Waals surface area contributed by atoms with Gasteiger partial charge in [-0.25, -0.2) is 4.52 Å². The summed E-state index contributed by atoms with van der Waals surface area (Å²) in [5, 5.41) is 5.93. The molecule has 5 rings (SSSR count). The largest absolute Gasteiger partial charge is 0.492 e. The van der Waals surface area contributed by atoms with Crippen molar-refractivity contribution >= 4 is 16.4 Å². The van der Waals surface area contributed by atoms with Gasteiger partial charge in [-0.05, 0) is 75.7 Å². The first-order chi connectivity index (χ1) is 17.0. The molecule has 0 unspecified atom stereocenters. The van der Waals surface area contributed by atoms with E-state index in [0.29, 0.717) is 18.7 Å². The summed E-state index contributed by atoms with van der Waals surface area (Å²) in [5.74, 6) is 0.833. The number of pyridine rings is 3. The first-order valence-electron chi connectivity index (χ1n) is 12.2. The van der Waals surface area contributed by atoms with Crippen LogP contribution in [0.4, 0.5) is 0 Å². The minimum absolute atomic E-state index is 0.485. The van der Waals surface area contributed by atoms with Gasteiger partial charge in [-0.2, -0.15) is 5.10 Å². The number of rotatable bonds is 8. The molecule has 0 N–H and O–H groups in total. The SMILES string of the molecule is CC(C)N(CCOc1ccc2c(-c3c(-c4ccccn4)nn4ccccc34)ccnc2c1)C(C)C. The van der Waals surface area contributed by atoms with E-state index in [1.165, 1.54) is 0 Å². The molecule has 0 saturated carbocycles. The molecule has 0 aliphatic rings. The van der Waals surface area contributed by atoms with Crippen molar-refractivity contribution < 1.29 is 4.74 Å². The van der Waals surface area contributed by atoms with Gasteiger partial charge in [0.2, 0.25) is 0 Å². The highest BCUT2D eigenvalue weighted by Crippen LogP contribution is 2.38. The summed E-state index contributed by atoms with van der Waals surface area (Å²) in [5.41, 5.74) is 5.75. The molecule has 0 fully saturated rings. The van der Waals surface area contributed by atoms with Crippen molar-refractivity contribution in [3.8, 4) is 28.3 Å². The van der Waals surface area contributed by atoms with Crippen LogP contribution >= 0.6 is 0 Å². The van der Waals surface area contributed by atoms with E-state index in [2.05, 4.69) is 60.8 Å². The normalized spacial score (nSPS) is 11.9. The third-order valence-corrected chi connectivity index (χ3v) is 6.38. The van der Waals surface area contributed by atoms with Crippen molar-refractivity contribution in [3.63, 3.8) is 0 Å². The molecule has 1 aromatic carbocycles. The Balaban J connectivity index is 1.52. The van der Waals surface area contributed by atoms with E-state index in [9.17, 15) is 0 Å². The predicted octanol–water partition coefficient (Wildman–Crippen LogP) is 6.11. The lowest BCUT2D eigenvalue weighted by Crippen LogP contribution is -2.39. The first kappa shape index (κ1) is 23.0. The molecule has 0 saturated heterocycles. The summed E-state index contributed by atoms with van der Waals surface area (Å²) >= 11 is 0. The maximum atomic E-state index is 6.13. The van der Waals surface area contributed by atoms with Crippen molar-refractivity contribution in [2.24, 2.45) is 0 Å². The first-order valence-corrected chi connectivity index (χ1v) is 12.2. The number of nitrogens with zero attached hydrogens (tertiary/aromatic N) is 5. The highest BCUT2D eigenvalue weighted by molar-refractivity contribution is 6.03. The van der Waals surface area contributed by atoms with Crippen LogP contribution in [-0.2, 0) is 0 Å². The van der Waals surface area contributed by atoms with E-state index in [1.807, 2.05) is 59.4 Å². The van der Waals surface area contributed by atoms with Gasteiger partial charge in [0.15, 0.2) is 0 Å². The van der Waals surface area contributed by atoms with E-state index in [1.54, 1.807) is 6.20 Å². The zero-order valence-corrected chi connectivity index (χ0v) is 20.7. The Morgan fingerprint density at radius 3 is 2.49 bits per heavy atom. The monoisotopic (exact) mass is 465 g/mol. The minimum atomic E-state index is 0.485. The average Bonchev–Trinajstić information content (AvgIpc) is 3.25. The molecule has 0 atom stereocenters. The summed E-state index contributed by atoms with van der Waals surface area (Å²) in [6, 6.07) is 21.2. The number of fused-ring (bicyclic) bond motifs is 2. The highest BCUT2D eigenvalue weighted by atomic mass is 16.5. The molecule has 0 aliphatic heterocycles. The number of ether oxygens (including phenoxy) is 1. The van der Waals surface area contributed by atoms with Gasteiger partial charge < -0.3 is 4.74 Å². The van der Waals surface area contributed by atoms with Gasteiger partial charge in [-0.1, -0.05) is 12.1 Å². The molecule has 5 aromatic rings. The third-order valence-electron chi connectivity index (χ3n) is 6.38. The van der Waals surface area contributed by atoms with Crippen LogP contribution in [0.5, 0.6) is 5.75 Å². The molecule has 0 radical (unpaired) electrons. The summed E-state index contributed by atoms with van der Waals surface area (Å²) in [6.07, 6.45) is 5.63. The molecule has 0 spiro atoms. The summed E-state index contributed by atoms with van der Waals surface area (Å²) in [7, 11) is 0. The fourth-order valence-electron chi connectivity index (χ4n) is 4.76. The van der Waals surface area contributed by atoms with Crippen LogP contribution in [0, 0.1) is 0 Å². The molecule has 6 heteroatoms. The zero-order valence-electron chi connectivity index (χ0n) is 20.7. The van der Waals surface area contributed by atoms with E-state index in [-0.39, 0.29) is 0 Å². The van der Waals surface area contributed by atoms with Crippen molar-refractivity contribution in [3.05, 3.63) is 79.3 Å². The second-order valence-electron chi connectivity index (χ2n) is 9.28. The Morgan fingerprint density at radius 1 is 0.886 bits per heavy atom. The number of benzene rings is 1. The molecular formula is C29H31N5O. The fourth-order valence-corrected chi connectivity index (χ4v) is 4.76. The lowest BCUT2D eigenvalue weighted by Gasteiger charge is -2.30. The maximum absolute atomic E-state index is 6.13. The third kappa shape index (κ3) is 4.62. The van der Waals surface area contributed by atoms with Crippen LogP contribution < -0.4 is 4.74 Å². The van der Waals surface area contributed by atoms with Gasteiger partial charge in [0.25, 0.3) is 0 Å². The topological polar surface area (TPSA) is 55.5 Å². The number of aromatic nitrogens is 4. The fraction of sp³-hybridized carbons (Fsp3) is 0.276. The van der Waals surface area contributed by atoms with Crippen LogP contribution in [-0.4, -0.2) is 49.7 Å².